The molecule has 0 aliphatic heterocycles. The molecule has 0 unspecified atom stereocenters. The van der Waals surface area contributed by atoms with Crippen molar-refractivity contribution < 1.29 is 4.92 Å². The second-order valence-electron chi connectivity index (χ2n) is 5.21. The van der Waals surface area contributed by atoms with Crippen molar-refractivity contribution in [2.24, 2.45) is 5.92 Å². The maximum Gasteiger partial charge on any atom is 0.270 e. The van der Waals surface area contributed by atoms with Crippen LogP contribution in [0.2, 0.25) is 0 Å². The molecule has 5 heteroatoms. The molecule has 102 valence electrons. The lowest BCUT2D eigenvalue weighted by Gasteiger charge is -2.31. The molecule has 0 aliphatic rings. The Morgan fingerprint density at radius 3 is 2.42 bits per heavy atom. The Labute approximate surface area is 113 Å². The van der Waals surface area contributed by atoms with Gasteiger partial charge in [-0.1, -0.05) is 13.8 Å². The predicted molar refractivity (Wildman–Crippen MR) is 75.1 cm³/mol. The fourth-order valence-electron chi connectivity index (χ4n) is 1.96. The predicted octanol–water partition coefficient (Wildman–Crippen LogP) is 3.34. The molecule has 0 saturated carbocycles. The lowest BCUT2D eigenvalue weighted by Crippen LogP contribution is -2.34. The summed E-state index contributed by atoms with van der Waals surface area (Å²) in [6.45, 7) is 9.11. The summed E-state index contributed by atoms with van der Waals surface area (Å²) >= 11 is 0. The largest absolute Gasteiger partial charge is 0.368 e. The van der Waals surface area contributed by atoms with E-state index in [1.165, 1.54) is 12.1 Å². The fraction of sp³-hybridized carbons (Fsp3) is 0.500. The monoisotopic (exact) mass is 261 g/mol. The van der Waals surface area contributed by atoms with E-state index in [9.17, 15) is 15.4 Å². The molecule has 0 bridgehead atoms. The standard InChI is InChI=1S/C14H19N3O2/c1-10(2)9-16(11(3)4)14-6-5-13(17(18)19)7-12(14)8-15/h5-7,10-11H,9H2,1-4H3. The number of nitriles is 1. The number of nitrogens with zero attached hydrogens (tertiary/aromatic N) is 3. The number of benzene rings is 1. The van der Waals surface area contributed by atoms with Gasteiger partial charge in [-0.3, -0.25) is 10.1 Å². The quantitative estimate of drug-likeness (QED) is 0.602. The van der Waals surface area contributed by atoms with Crippen molar-refractivity contribution in [3.8, 4) is 6.07 Å². The van der Waals surface area contributed by atoms with E-state index in [2.05, 4.69) is 24.8 Å². The number of non-ortho nitro benzene ring substituents is 1. The highest BCUT2D eigenvalue weighted by Gasteiger charge is 2.18. The zero-order valence-corrected chi connectivity index (χ0v) is 11.8. The molecule has 0 N–H and O–H groups in total. The van der Waals surface area contributed by atoms with Crippen molar-refractivity contribution in [2.45, 2.75) is 33.7 Å². The first-order valence-electron chi connectivity index (χ1n) is 6.32. The van der Waals surface area contributed by atoms with Gasteiger partial charge in [-0.15, -0.1) is 0 Å². The lowest BCUT2D eigenvalue weighted by molar-refractivity contribution is -0.384. The Balaban J connectivity index is 3.24. The summed E-state index contributed by atoms with van der Waals surface area (Å²) in [5.74, 6) is 0.448. The van der Waals surface area contributed by atoms with E-state index in [1.807, 2.05) is 13.8 Å². The van der Waals surface area contributed by atoms with Gasteiger partial charge in [-0.05, 0) is 25.8 Å². The van der Waals surface area contributed by atoms with Crippen molar-refractivity contribution in [1.29, 1.82) is 5.26 Å². The maximum absolute atomic E-state index is 10.7. The first-order valence-corrected chi connectivity index (χ1v) is 6.32. The van der Waals surface area contributed by atoms with Crippen LogP contribution < -0.4 is 4.90 Å². The molecule has 0 fully saturated rings. The third-order valence-electron chi connectivity index (χ3n) is 2.81. The molecule has 0 spiro atoms. The molecular weight excluding hydrogens is 242 g/mol. The minimum absolute atomic E-state index is 0.0476. The third kappa shape index (κ3) is 3.68. The van der Waals surface area contributed by atoms with Crippen LogP contribution in [0, 0.1) is 27.4 Å². The SMILES string of the molecule is CC(C)CN(c1ccc([N+](=O)[O-])cc1C#N)C(C)C. The number of nitro groups is 1. The molecule has 5 nitrogen and oxygen atoms in total. The van der Waals surface area contributed by atoms with Crippen LogP contribution in [0.4, 0.5) is 11.4 Å². The Morgan fingerprint density at radius 2 is 2.00 bits per heavy atom. The highest BCUT2D eigenvalue weighted by Crippen LogP contribution is 2.27. The van der Waals surface area contributed by atoms with Gasteiger partial charge in [0.25, 0.3) is 5.69 Å². The second-order valence-corrected chi connectivity index (χ2v) is 5.21. The Bertz CT molecular complexity index is 504. The minimum atomic E-state index is -0.479. The summed E-state index contributed by atoms with van der Waals surface area (Å²) in [6, 6.07) is 6.74. The van der Waals surface area contributed by atoms with Crippen molar-refractivity contribution in [1.82, 2.24) is 0 Å². The molecule has 0 atom stereocenters. The zero-order chi connectivity index (χ0) is 14.6. The van der Waals surface area contributed by atoms with Crippen molar-refractivity contribution in [2.75, 3.05) is 11.4 Å². The van der Waals surface area contributed by atoms with Gasteiger partial charge in [0.1, 0.15) is 6.07 Å². The van der Waals surface area contributed by atoms with Crippen molar-refractivity contribution >= 4 is 11.4 Å². The average molecular weight is 261 g/mol. The van der Waals surface area contributed by atoms with Gasteiger partial charge in [-0.25, -0.2) is 0 Å². The first-order chi connectivity index (χ1) is 8.86. The molecule has 0 heterocycles. The molecule has 0 radical (unpaired) electrons. The third-order valence-corrected chi connectivity index (χ3v) is 2.81. The molecule has 19 heavy (non-hydrogen) atoms. The number of hydrogen-bond donors (Lipinski definition) is 0. The molecule has 0 aromatic heterocycles. The zero-order valence-electron chi connectivity index (χ0n) is 11.8. The maximum atomic E-state index is 10.7. The van der Waals surface area contributed by atoms with E-state index in [-0.39, 0.29) is 11.7 Å². The number of rotatable bonds is 5. The molecule has 1 aromatic rings. The highest BCUT2D eigenvalue weighted by molar-refractivity contribution is 5.63. The summed E-state index contributed by atoms with van der Waals surface area (Å²) in [6.07, 6.45) is 0. The molecular formula is C14H19N3O2. The van der Waals surface area contributed by atoms with Gasteiger partial charge in [0.05, 0.1) is 16.2 Å². The smallest absolute Gasteiger partial charge is 0.270 e. The van der Waals surface area contributed by atoms with Crippen LogP contribution >= 0.6 is 0 Å². The van der Waals surface area contributed by atoms with Gasteiger partial charge in [0.15, 0.2) is 0 Å². The summed E-state index contributed by atoms with van der Waals surface area (Å²) in [7, 11) is 0. The number of nitro benzene ring substituents is 1. The van der Waals surface area contributed by atoms with Crippen LogP contribution in [0.3, 0.4) is 0 Å². The van der Waals surface area contributed by atoms with Crippen LogP contribution in [-0.2, 0) is 0 Å². The topological polar surface area (TPSA) is 70.2 Å². The van der Waals surface area contributed by atoms with Gasteiger partial charge in [0, 0.05) is 24.7 Å². The summed E-state index contributed by atoms with van der Waals surface area (Å²) in [5, 5.41) is 19.9. The van der Waals surface area contributed by atoms with Gasteiger partial charge in [0.2, 0.25) is 0 Å². The van der Waals surface area contributed by atoms with E-state index in [0.717, 1.165) is 12.2 Å². The van der Waals surface area contributed by atoms with E-state index in [0.29, 0.717) is 11.5 Å². The minimum Gasteiger partial charge on any atom is -0.368 e. The van der Waals surface area contributed by atoms with E-state index in [4.69, 9.17) is 0 Å². The van der Waals surface area contributed by atoms with Gasteiger partial charge < -0.3 is 4.90 Å². The Hall–Kier alpha value is -2.09. The van der Waals surface area contributed by atoms with Crippen molar-refractivity contribution in [3.63, 3.8) is 0 Å². The van der Waals surface area contributed by atoms with E-state index in [1.54, 1.807) is 6.07 Å². The first kappa shape index (κ1) is 15.0. The van der Waals surface area contributed by atoms with E-state index >= 15 is 0 Å². The van der Waals surface area contributed by atoms with Gasteiger partial charge in [-0.2, -0.15) is 5.26 Å². The molecule has 1 aromatic carbocycles. The average Bonchev–Trinajstić information content (AvgIpc) is 2.34. The van der Waals surface area contributed by atoms with Crippen molar-refractivity contribution in [3.05, 3.63) is 33.9 Å². The second kappa shape index (κ2) is 6.19. The molecule has 1 rings (SSSR count). The lowest BCUT2D eigenvalue weighted by atomic mass is 10.1. The summed E-state index contributed by atoms with van der Waals surface area (Å²) in [4.78, 5) is 12.4. The number of anilines is 1. The summed E-state index contributed by atoms with van der Waals surface area (Å²) in [5.41, 5.74) is 1.06. The van der Waals surface area contributed by atoms with E-state index < -0.39 is 4.92 Å². The molecule has 0 saturated heterocycles. The van der Waals surface area contributed by atoms with Crippen LogP contribution in [0.25, 0.3) is 0 Å². The summed E-state index contributed by atoms with van der Waals surface area (Å²) < 4.78 is 0. The van der Waals surface area contributed by atoms with Crippen LogP contribution in [0.1, 0.15) is 33.3 Å². The van der Waals surface area contributed by atoms with Crippen LogP contribution in [-0.4, -0.2) is 17.5 Å². The Morgan fingerprint density at radius 1 is 1.37 bits per heavy atom. The van der Waals surface area contributed by atoms with Crippen LogP contribution in [0.5, 0.6) is 0 Å². The fourth-order valence-corrected chi connectivity index (χ4v) is 1.96. The molecule has 0 amide bonds. The highest BCUT2D eigenvalue weighted by atomic mass is 16.6. The normalized spacial score (nSPS) is 10.6. The van der Waals surface area contributed by atoms with Crippen LogP contribution in [0.15, 0.2) is 18.2 Å². The Kier molecular flexibility index (Phi) is 4.87. The number of hydrogen-bond acceptors (Lipinski definition) is 4. The molecule has 0 aliphatic carbocycles. The van der Waals surface area contributed by atoms with Gasteiger partial charge >= 0.3 is 0 Å².